The van der Waals surface area contributed by atoms with Crippen molar-refractivity contribution < 1.29 is 13.2 Å². The lowest BCUT2D eigenvalue weighted by Gasteiger charge is -2.35. The van der Waals surface area contributed by atoms with Crippen molar-refractivity contribution in [3.05, 3.63) is 29.6 Å². The molecule has 0 N–H and O–H groups in total. The average molecular weight is 284 g/mol. The lowest BCUT2D eigenvalue weighted by Crippen LogP contribution is -2.44. The van der Waals surface area contributed by atoms with E-state index in [1.807, 2.05) is 4.90 Å². The number of rotatable bonds is 1. The second-order valence-corrected chi connectivity index (χ2v) is 5.71. The molecule has 2 aliphatic heterocycles. The molecule has 0 spiro atoms. The van der Waals surface area contributed by atoms with Gasteiger partial charge in [-0.25, -0.2) is 13.2 Å². The van der Waals surface area contributed by atoms with Crippen molar-refractivity contribution in [2.45, 2.75) is 31.7 Å². The number of benzene rings is 1. The molecule has 0 aliphatic carbocycles. The predicted molar refractivity (Wildman–Crippen MR) is 72.4 cm³/mol. The Bertz CT molecular complexity index is 469. The Morgan fingerprint density at radius 3 is 2.35 bits per heavy atom. The maximum absolute atomic E-state index is 13.4. The highest BCUT2D eigenvalue weighted by molar-refractivity contribution is 5.47. The van der Waals surface area contributed by atoms with Gasteiger partial charge in [0.25, 0.3) is 0 Å². The summed E-state index contributed by atoms with van der Waals surface area (Å²) in [6.45, 7) is 3.68. The molecule has 0 amide bonds. The van der Waals surface area contributed by atoms with Crippen LogP contribution in [0.15, 0.2) is 12.1 Å². The summed E-state index contributed by atoms with van der Waals surface area (Å²) in [5.41, 5.74) is 0.453. The first-order valence-corrected chi connectivity index (χ1v) is 7.28. The number of halogens is 3. The van der Waals surface area contributed by atoms with Crippen LogP contribution in [0.4, 0.5) is 18.9 Å². The molecule has 1 aromatic carbocycles. The lowest BCUT2D eigenvalue weighted by atomic mass is 10.0. The molecule has 0 bridgehead atoms. The molecule has 2 nitrogen and oxygen atoms in total. The standard InChI is InChI=1S/C15H19F3N2/c16-13-8-12(9-14(17)15(13)18)20-7-3-6-19-5-2-1-4-11(19)10-20/h8-9,11H,1-7,10H2. The molecule has 1 aromatic rings. The van der Waals surface area contributed by atoms with Crippen LogP contribution in [0.1, 0.15) is 25.7 Å². The minimum atomic E-state index is -1.39. The maximum atomic E-state index is 13.4. The molecular formula is C15H19F3N2. The van der Waals surface area contributed by atoms with Gasteiger partial charge in [-0.05, 0) is 25.8 Å². The third-order valence-electron chi connectivity index (χ3n) is 4.39. The zero-order valence-corrected chi connectivity index (χ0v) is 11.4. The van der Waals surface area contributed by atoms with E-state index >= 15 is 0 Å². The third kappa shape index (κ3) is 2.64. The molecule has 2 saturated heterocycles. The monoisotopic (exact) mass is 284 g/mol. The fourth-order valence-electron chi connectivity index (χ4n) is 3.33. The number of fused-ring (bicyclic) bond motifs is 1. The molecule has 2 fully saturated rings. The predicted octanol–water partition coefficient (Wildman–Crippen LogP) is 3.17. The molecule has 2 aliphatic rings. The maximum Gasteiger partial charge on any atom is 0.194 e. The second kappa shape index (κ2) is 5.64. The van der Waals surface area contributed by atoms with Crippen molar-refractivity contribution in [2.24, 2.45) is 0 Å². The highest BCUT2D eigenvalue weighted by atomic mass is 19.2. The largest absolute Gasteiger partial charge is 0.370 e. The summed E-state index contributed by atoms with van der Waals surface area (Å²) >= 11 is 0. The summed E-state index contributed by atoms with van der Waals surface area (Å²) in [6, 6.07) is 2.66. The Kier molecular flexibility index (Phi) is 3.87. The Balaban J connectivity index is 1.82. The van der Waals surface area contributed by atoms with Gasteiger partial charge in [-0.1, -0.05) is 6.42 Å². The Morgan fingerprint density at radius 2 is 1.60 bits per heavy atom. The van der Waals surface area contributed by atoms with E-state index in [0.29, 0.717) is 11.7 Å². The van der Waals surface area contributed by atoms with E-state index in [1.165, 1.54) is 12.8 Å². The van der Waals surface area contributed by atoms with E-state index in [0.717, 1.165) is 51.2 Å². The summed E-state index contributed by atoms with van der Waals surface area (Å²) in [6.07, 6.45) is 4.54. The fourth-order valence-corrected chi connectivity index (χ4v) is 3.33. The van der Waals surface area contributed by atoms with Crippen molar-refractivity contribution >= 4 is 5.69 Å². The first-order valence-electron chi connectivity index (χ1n) is 7.28. The third-order valence-corrected chi connectivity index (χ3v) is 4.39. The first-order chi connectivity index (χ1) is 9.65. The zero-order valence-electron chi connectivity index (χ0n) is 11.4. The molecule has 110 valence electrons. The number of hydrogen-bond donors (Lipinski definition) is 0. The minimum absolute atomic E-state index is 0.447. The summed E-state index contributed by atoms with van der Waals surface area (Å²) < 4.78 is 39.8. The normalized spacial score (nSPS) is 24.4. The van der Waals surface area contributed by atoms with E-state index in [9.17, 15) is 13.2 Å². The van der Waals surface area contributed by atoms with E-state index < -0.39 is 17.5 Å². The first kappa shape index (κ1) is 13.7. The van der Waals surface area contributed by atoms with Crippen LogP contribution in [0.2, 0.25) is 0 Å². The quantitative estimate of drug-likeness (QED) is 0.731. The van der Waals surface area contributed by atoms with Crippen LogP contribution in [-0.2, 0) is 0 Å². The van der Waals surface area contributed by atoms with E-state index in [1.54, 1.807) is 0 Å². The minimum Gasteiger partial charge on any atom is -0.370 e. The Hall–Kier alpha value is -1.23. The fraction of sp³-hybridized carbons (Fsp3) is 0.600. The Labute approximate surface area is 117 Å². The molecule has 2 heterocycles. The van der Waals surface area contributed by atoms with Crippen LogP contribution in [0.25, 0.3) is 0 Å². The van der Waals surface area contributed by atoms with Crippen LogP contribution in [0.5, 0.6) is 0 Å². The van der Waals surface area contributed by atoms with Gasteiger partial charge in [0.1, 0.15) is 0 Å². The van der Waals surface area contributed by atoms with Gasteiger partial charge < -0.3 is 4.90 Å². The van der Waals surface area contributed by atoms with Gasteiger partial charge >= 0.3 is 0 Å². The summed E-state index contributed by atoms with van der Waals surface area (Å²) in [5, 5.41) is 0. The lowest BCUT2D eigenvalue weighted by molar-refractivity contribution is 0.162. The SMILES string of the molecule is Fc1cc(N2CCCN3CCCCC3C2)cc(F)c1F. The van der Waals surface area contributed by atoms with Gasteiger partial charge in [0, 0.05) is 43.5 Å². The van der Waals surface area contributed by atoms with Gasteiger partial charge in [-0.2, -0.15) is 0 Å². The molecule has 3 rings (SSSR count). The number of hydrogen-bond acceptors (Lipinski definition) is 2. The molecule has 0 radical (unpaired) electrons. The average Bonchev–Trinajstić information content (AvgIpc) is 2.66. The highest BCUT2D eigenvalue weighted by Gasteiger charge is 2.27. The van der Waals surface area contributed by atoms with Crippen molar-refractivity contribution in [1.29, 1.82) is 0 Å². The van der Waals surface area contributed by atoms with Gasteiger partial charge in [0.05, 0.1) is 0 Å². The Morgan fingerprint density at radius 1 is 0.900 bits per heavy atom. The van der Waals surface area contributed by atoms with Gasteiger partial charge in [-0.15, -0.1) is 0 Å². The van der Waals surface area contributed by atoms with Crippen LogP contribution in [-0.4, -0.2) is 37.1 Å². The summed E-state index contributed by atoms with van der Waals surface area (Å²) in [4.78, 5) is 4.46. The van der Waals surface area contributed by atoms with E-state index in [4.69, 9.17) is 0 Å². The number of nitrogens with zero attached hydrogens (tertiary/aromatic N) is 2. The van der Waals surface area contributed by atoms with Gasteiger partial charge in [-0.3, -0.25) is 4.90 Å². The van der Waals surface area contributed by atoms with Crippen molar-refractivity contribution in [3.63, 3.8) is 0 Å². The summed E-state index contributed by atoms with van der Waals surface area (Å²) in [7, 11) is 0. The van der Waals surface area contributed by atoms with Gasteiger partial charge in [0.2, 0.25) is 0 Å². The smallest absolute Gasteiger partial charge is 0.194 e. The second-order valence-electron chi connectivity index (χ2n) is 5.71. The van der Waals surface area contributed by atoms with E-state index in [-0.39, 0.29) is 0 Å². The number of piperidine rings is 1. The van der Waals surface area contributed by atoms with Crippen molar-refractivity contribution in [1.82, 2.24) is 4.90 Å². The van der Waals surface area contributed by atoms with Crippen molar-refractivity contribution in [3.8, 4) is 0 Å². The van der Waals surface area contributed by atoms with E-state index in [2.05, 4.69) is 4.90 Å². The van der Waals surface area contributed by atoms with Crippen LogP contribution in [0.3, 0.4) is 0 Å². The molecule has 1 atom stereocenters. The highest BCUT2D eigenvalue weighted by Crippen LogP contribution is 2.26. The summed E-state index contributed by atoms with van der Waals surface area (Å²) in [5.74, 6) is -3.60. The van der Waals surface area contributed by atoms with Crippen LogP contribution >= 0.6 is 0 Å². The molecular weight excluding hydrogens is 265 g/mol. The molecule has 0 aromatic heterocycles. The van der Waals surface area contributed by atoms with Crippen LogP contribution in [0, 0.1) is 17.5 Å². The topological polar surface area (TPSA) is 6.48 Å². The van der Waals surface area contributed by atoms with Crippen molar-refractivity contribution in [2.75, 3.05) is 31.1 Å². The molecule has 0 saturated carbocycles. The van der Waals surface area contributed by atoms with Gasteiger partial charge in [0.15, 0.2) is 17.5 Å². The molecule has 1 unspecified atom stereocenters. The van der Waals surface area contributed by atoms with Crippen LogP contribution < -0.4 is 4.90 Å². The molecule has 20 heavy (non-hydrogen) atoms. The zero-order chi connectivity index (χ0) is 14.1. The molecule has 5 heteroatoms. The number of anilines is 1.